The number of hydrogen-bond donors (Lipinski definition) is 2. The van der Waals surface area contributed by atoms with Crippen LogP contribution in [-0.2, 0) is 26.2 Å². The summed E-state index contributed by atoms with van der Waals surface area (Å²) in [6.07, 6.45) is 0. The third-order valence-corrected chi connectivity index (χ3v) is 6.64. The van der Waals surface area contributed by atoms with Gasteiger partial charge in [0, 0.05) is 19.7 Å². The van der Waals surface area contributed by atoms with E-state index >= 15 is 0 Å². The highest BCUT2D eigenvalue weighted by Crippen LogP contribution is 2.36. The SMILES string of the molecule is COc1ccc(CNC(=O)CN(C)S(=O)(=O)c2cc3c(cc2Cl)NC(=O)CO3)cc1. The molecule has 0 bridgehead atoms. The van der Waals surface area contributed by atoms with E-state index in [0.29, 0.717) is 5.75 Å². The Bertz CT molecular complexity index is 1070. The van der Waals surface area contributed by atoms with Gasteiger partial charge in [-0.3, -0.25) is 9.59 Å². The van der Waals surface area contributed by atoms with Crippen LogP contribution < -0.4 is 20.1 Å². The fraction of sp³-hybridized carbons (Fsp3) is 0.263. The van der Waals surface area contributed by atoms with Crippen LogP contribution >= 0.6 is 11.6 Å². The Hall–Kier alpha value is -2.82. The molecule has 0 unspecified atom stereocenters. The van der Waals surface area contributed by atoms with Crippen LogP contribution in [0.4, 0.5) is 5.69 Å². The van der Waals surface area contributed by atoms with E-state index < -0.39 is 22.5 Å². The number of fused-ring (bicyclic) bond motifs is 1. The molecule has 2 N–H and O–H groups in total. The molecule has 9 nitrogen and oxygen atoms in total. The van der Waals surface area contributed by atoms with Gasteiger partial charge in [0.15, 0.2) is 6.61 Å². The number of benzene rings is 2. The highest BCUT2D eigenvalue weighted by atomic mass is 35.5. The highest BCUT2D eigenvalue weighted by Gasteiger charge is 2.28. The lowest BCUT2D eigenvalue weighted by molar-refractivity contribution is -0.121. The van der Waals surface area contributed by atoms with E-state index in [4.69, 9.17) is 21.1 Å². The third kappa shape index (κ3) is 4.84. The third-order valence-electron chi connectivity index (χ3n) is 4.37. The first kappa shape index (κ1) is 21.9. The number of rotatable bonds is 7. The number of nitrogens with one attached hydrogen (secondary N) is 2. The Labute approximate surface area is 179 Å². The monoisotopic (exact) mass is 453 g/mol. The van der Waals surface area contributed by atoms with Crippen molar-refractivity contribution >= 4 is 39.1 Å². The summed E-state index contributed by atoms with van der Waals surface area (Å²) in [5, 5.41) is 5.13. The molecule has 2 aromatic rings. The number of likely N-dealkylation sites (N-methyl/N-ethyl adjacent to an activating group) is 1. The van der Waals surface area contributed by atoms with Crippen LogP contribution in [0.15, 0.2) is 41.3 Å². The van der Waals surface area contributed by atoms with E-state index in [9.17, 15) is 18.0 Å². The second kappa shape index (κ2) is 8.90. The molecule has 0 atom stereocenters. The Morgan fingerprint density at radius 1 is 1.30 bits per heavy atom. The van der Waals surface area contributed by atoms with Crippen molar-refractivity contribution in [1.82, 2.24) is 9.62 Å². The van der Waals surface area contributed by atoms with Crippen LogP contribution in [0.2, 0.25) is 5.02 Å². The van der Waals surface area contributed by atoms with Crippen molar-refractivity contribution in [3.05, 3.63) is 47.0 Å². The molecule has 0 radical (unpaired) electrons. The van der Waals surface area contributed by atoms with Gasteiger partial charge in [-0.2, -0.15) is 4.31 Å². The zero-order chi connectivity index (χ0) is 21.9. The van der Waals surface area contributed by atoms with Crippen LogP contribution in [0.1, 0.15) is 5.56 Å². The molecule has 1 heterocycles. The molecule has 0 saturated carbocycles. The number of methoxy groups -OCH3 is 1. The van der Waals surface area contributed by atoms with Gasteiger partial charge < -0.3 is 20.1 Å². The second-order valence-corrected chi connectivity index (χ2v) is 8.92. The van der Waals surface area contributed by atoms with Crippen molar-refractivity contribution in [2.75, 3.05) is 32.6 Å². The molecule has 1 aliphatic heterocycles. The molecule has 30 heavy (non-hydrogen) atoms. The van der Waals surface area contributed by atoms with Crippen molar-refractivity contribution < 1.29 is 27.5 Å². The first-order valence-electron chi connectivity index (χ1n) is 8.83. The van der Waals surface area contributed by atoms with Crippen molar-refractivity contribution in [2.45, 2.75) is 11.4 Å². The summed E-state index contributed by atoms with van der Waals surface area (Å²) < 4.78 is 37.0. The minimum atomic E-state index is -4.07. The first-order valence-corrected chi connectivity index (χ1v) is 10.6. The van der Waals surface area contributed by atoms with Crippen molar-refractivity contribution in [3.8, 4) is 11.5 Å². The van der Waals surface area contributed by atoms with Gasteiger partial charge in [0.1, 0.15) is 16.4 Å². The summed E-state index contributed by atoms with van der Waals surface area (Å²) in [6, 6.07) is 9.66. The minimum Gasteiger partial charge on any atom is -0.497 e. The molecule has 0 fully saturated rings. The van der Waals surface area contributed by atoms with Gasteiger partial charge in [-0.15, -0.1) is 0 Å². The van der Waals surface area contributed by atoms with Crippen molar-refractivity contribution in [3.63, 3.8) is 0 Å². The summed E-state index contributed by atoms with van der Waals surface area (Å²) in [6.45, 7) is -0.384. The van der Waals surface area contributed by atoms with E-state index in [1.54, 1.807) is 31.4 Å². The first-order chi connectivity index (χ1) is 14.2. The summed E-state index contributed by atoms with van der Waals surface area (Å²) >= 11 is 6.12. The van der Waals surface area contributed by atoms with Crippen LogP contribution in [0.25, 0.3) is 0 Å². The van der Waals surface area contributed by atoms with E-state index in [2.05, 4.69) is 10.6 Å². The molecule has 0 aromatic heterocycles. The molecule has 0 saturated heterocycles. The van der Waals surface area contributed by atoms with Gasteiger partial charge in [-0.05, 0) is 23.8 Å². The number of amides is 2. The molecule has 0 aliphatic carbocycles. The molecule has 3 rings (SSSR count). The summed E-state index contributed by atoms with van der Waals surface area (Å²) in [5.41, 5.74) is 1.13. The lowest BCUT2D eigenvalue weighted by atomic mass is 10.2. The molecule has 2 aromatic carbocycles. The van der Waals surface area contributed by atoms with Crippen LogP contribution in [-0.4, -0.2) is 51.8 Å². The van der Waals surface area contributed by atoms with Gasteiger partial charge in [0.2, 0.25) is 15.9 Å². The maximum absolute atomic E-state index is 12.9. The topological polar surface area (TPSA) is 114 Å². The second-order valence-electron chi connectivity index (χ2n) is 6.50. The van der Waals surface area contributed by atoms with Crippen LogP contribution in [0.3, 0.4) is 0 Å². The zero-order valence-corrected chi connectivity index (χ0v) is 17.8. The standard InChI is InChI=1S/C19H20ClN3O6S/c1-23(10-18(24)21-9-12-3-5-13(28-2)6-4-12)30(26,27)17-8-16-15(7-14(17)20)22-19(25)11-29-16/h3-8H,9-11H2,1-2H3,(H,21,24)(H,22,25). The number of nitrogens with zero attached hydrogens (tertiary/aromatic N) is 1. The molecular formula is C19H20ClN3O6S. The molecule has 160 valence electrons. The summed E-state index contributed by atoms with van der Waals surface area (Å²) in [5.74, 6) is 0.0469. The number of ether oxygens (including phenoxy) is 2. The van der Waals surface area contributed by atoms with Crippen molar-refractivity contribution in [2.24, 2.45) is 0 Å². The number of sulfonamides is 1. The lowest BCUT2D eigenvalue weighted by Gasteiger charge is -2.22. The smallest absolute Gasteiger partial charge is 0.262 e. The normalized spacial score (nSPS) is 13.3. The number of carbonyl (C=O) groups excluding carboxylic acids is 2. The fourth-order valence-corrected chi connectivity index (χ4v) is 4.37. The Kier molecular flexibility index (Phi) is 6.49. The van der Waals surface area contributed by atoms with Gasteiger partial charge in [0.05, 0.1) is 24.4 Å². The molecule has 1 aliphatic rings. The van der Waals surface area contributed by atoms with Crippen LogP contribution in [0, 0.1) is 0 Å². The molecule has 0 spiro atoms. The van der Waals surface area contributed by atoms with Gasteiger partial charge in [-0.25, -0.2) is 8.42 Å². The average Bonchev–Trinajstić information content (AvgIpc) is 2.71. The molecular weight excluding hydrogens is 434 g/mol. The predicted molar refractivity (Wildman–Crippen MR) is 110 cm³/mol. The quantitative estimate of drug-likeness (QED) is 0.658. The minimum absolute atomic E-state index is 0.0926. The number of halogens is 1. The Balaban J connectivity index is 1.67. The lowest BCUT2D eigenvalue weighted by Crippen LogP contribution is -2.38. The maximum atomic E-state index is 12.9. The number of carbonyl (C=O) groups is 2. The molecule has 11 heteroatoms. The summed E-state index contributed by atoms with van der Waals surface area (Å²) in [4.78, 5) is 23.4. The van der Waals surface area contributed by atoms with E-state index in [1.807, 2.05) is 0 Å². The van der Waals surface area contributed by atoms with E-state index in [1.165, 1.54) is 19.2 Å². The Morgan fingerprint density at radius 3 is 2.67 bits per heavy atom. The van der Waals surface area contributed by atoms with Gasteiger partial charge >= 0.3 is 0 Å². The fourth-order valence-electron chi connectivity index (χ4n) is 2.73. The Morgan fingerprint density at radius 2 is 2.00 bits per heavy atom. The van der Waals surface area contributed by atoms with E-state index in [0.717, 1.165) is 9.87 Å². The maximum Gasteiger partial charge on any atom is 0.262 e. The highest BCUT2D eigenvalue weighted by molar-refractivity contribution is 7.89. The van der Waals surface area contributed by atoms with Gasteiger partial charge in [-0.1, -0.05) is 23.7 Å². The van der Waals surface area contributed by atoms with Gasteiger partial charge in [0.25, 0.3) is 5.91 Å². The van der Waals surface area contributed by atoms with E-state index in [-0.39, 0.29) is 40.4 Å². The summed E-state index contributed by atoms with van der Waals surface area (Å²) in [7, 11) is -1.23. The number of hydrogen-bond acceptors (Lipinski definition) is 6. The molecule has 2 amide bonds. The predicted octanol–water partition coefficient (Wildman–Crippen LogP) is 1.62. The number of anilines is 1. The largest absolute Gasteiger partial charge is 0.497 e. The zero-order valence-electron chi connectivity index (χ0n) is 16.3. The average molecular weight is 454 g/mol. The van der Waals surface area contributed by atoms with Crippen molar-refractivity contribution in [1.29, 1.82) is 0 Å². The van der Waals surface area contributed by atoms with Crippen LogP contribution in [0.5, 0.6) is 11.5 Å².